The molecular weight excluding hydrogens is 384 g/mol. The number of ether oxygens (including phenoxy) is 3. The first-order valence-corrected chi connectivity index (χ1v) is 9.82. The molecule has 7 nitrogen and oxygen atoms in total. The number of hydrogen-bond donors (Lipinski definition) is 1. The molecule has 1 amide bonds. The lowest BCUT2D eigenvalue weighted by Gasteiger charge is -2.30. The molecule has 30 heavy (non-hydrogen) atoms. The number of para-hydroxylation sites is 4. The van der Waals surface area contributed by atoms with Crippen LogP contribution in [0.1, 0.15) is 16.3 Å². The minimum atomic E-state index is -0.306. The van der Waals surface area contributed by atoms with Crippen molar-refractivity contribution < 1.29 is 23.4 Å². The van der Waals surface area contributed by atoms with Gasteiger partial charge in [0.25, 0.3) is 5.91 Å². The molecule has 1 fully saturated rings. The summed E-state index contributed by atoms with van der Waals surface area (Å²) in [6.07, 6.45) is 0. The molecule has 0 atom stereocenters. The van der Waals surface area contributed by atoms with Gasteiger partial charge in [0.1, 0.15) is 12.4 Å². The van der Waals surface area contributed by atoms with E-state index in [1.54, 1.807) is 19.2 Å². The standard InChI is InChI=1S/C23H24N2O5/c1-27-20-8-4-5-9-21(20)29-16-17-10-11-22(30-17)23(26)24-18-6-2-3-7-19(18)25-12-14-28-15-13-25/h2-11H,12-16H2,1H3,(H,24,26). The number of amides is 1. The van der Waals surface area contributed by atoms with E-state index in [0.717, 1.165) is 24.5 Å². The number of furan rings is 1. The van der Waals surface area contributed by atoms with Gasteiger partial charge >= 0.3 is 0 Å². The van der Waals surface area contributed by atoms with Crippen LogP contribution in [-0.4, -0.2) is 39.3 Å². The summed E-state index contributed by atoms with van der Waals surface area (Å²) in [5, 5.41) is 2.95. The van der Waals surface area contributed by atoms with Crippen LogP contribution in [0, 0.1) is 0 Å². The lowest BCUT2D eigenvalue weighted by molar-refractivity contribution is 0.0992. The summed E-state index contributed by atoms with van der Waals surface area (Å²) in [4.78, 5) is 14.9. The molecule has 1 aromatic heterocycles. The zero-order valence-corrected chi connectivity index (χ0v) is 16.8. The number of carbonyl (C=O) groups excluding carboxylic acids is 1. The predicted molar refractivity (Wildman–Crippen MR) is 113 cm³/mol. The molecule has 1 N–H and O–H groups in total. The smallest absolute Gasteiger partial charge is 0.291 e. The Labute approximate surface area is 175 Å². The van der Waals surface area contributed by atoms with Crippen LogP contribution in [0.25, 0.3) is 0 Å². The third kappa shape index (κ3) is 4.58. The average molecular weight is 408 g/mol. The Morgan fingerprint density at radius 3 is 2.53 bits per heavy atom. The molecule has 1 aliphatic rings. The Morgan fingerprint density at radius 1 is 1.00 bits per heavy atom. The Kier molecular flexibility index (Phi) is 6.20. The van der Waals surface area contributed by atoms with E-state index in [1.807, 2.05) is 48.5 Å². The molecule has 0 bridgehead atoms. The third-order valence-corrected chi connectivity index (χ3v) is 4.83. The number of methoxy groups -OCH3 is 1. The van der Waals surface area contributed by atoms with E-state index in [0.29, 0.717) is 30.5 Å². The van der Waals surface area contributed by atoms with Crippen LogP contribution in [0.2, 0.25) is 0 Å². The van der Waals surface area contributed by atoms with Crippen molar-refractivity contribution in [1.82, 2.24) is 0 Å². The molecule has 0 saturated carbocycles. The normalized spacial score (nSPS) is 13.7. The minimum Gasteiger partial charge on any atom is -0.493 e. The summed E-state index contributed by atoms with van der Waals surface area (Å²) in [6.45, 7) is 3.13. The number of nitrogens with one attached hydrogen (secondary N) is 1. The fourth-order valence-corrected chi connectivity index (χ4v) is 3.31. The molecule has 0 radical (unpaired) electrons. The maximum absolute atomic E-state index is 12.7. The number of anilines is 2. The number of carbonyl (C=O) groups is 1. The van der Waals surface area contributed by atoms with Gasteiger partial charge in [-0.05, 0) is 36.4 Å². The second kappa shape index (κ2) is 9.37. The highest BCUT2D eigenvalue weighted by molar-refractivity contribution is 6.04. The van der Waals surface area contributed by atoms with E-state index >= 15 is 0 Å². The Bertz CT molecular complexity index is 995. The van der Waals surface area contributed by atoms with E-state index in [4.69, 9.17) is 18.6 Å². The average Bonchev–Trinajstić information content (AvgIpc) is 3.28. The number of morpholine rings is 1. The molecule has 0 spiro atoms. The highest BCUT2D eigenvalue weighted by Gasteiger charge is 2.18. The van der Waals surface area contributed by atoms with E-state index in [1.165, 1.54) is 0 Å². The molecule has 3 aromatic rings. The van der Waals surface area contributed by atoms with Gasteiger partial charge in [-0.1, -0.05) is 24.3 Å². The van der Waals surface area contributed by atoms with Gasteiger partial charge in [-0.3, -0.25) is 4.79 Å². The molecule has 4 rings (SSSR count). The van der Waals surface area contributed by atoms with Crippen LogP contribution in [0.3, 0.4) is 0 Å². The van der Waals surface area contributed by atoms with Crippen molar-refractivity contribution in [3.05, 3.63) is 72.2 Å². The van der Waals surface area contributed by atoms with Gasteiger partial charge in [0.05, 0.1) is 31.7 Å². The summed E-state index contributed by atoms with van der Waals surface area (Å²) >= 11 is 0. The molecule has 2 heterocycles. The first-order valence-electron chi connectivity index (χ1n) is 9.82. The van der Waals surface area contributed by atoms with Gasteiger partial charge in [-0.25, -0.2) is 0 Å². The van der Waals surface area contributed by atoms with Crippen molar-refractivity contribution in [2.24, 2.45) is 0 Å². The summed E-state index contributed by atoms with van der Waals surface area (Å²) in [7, 11) is 1.59. The third-order valence-electron chi connectivity index (χ3n) is 4.83. The van der Waals surface area contributed by atoms with Gasteiger partial charge in [0.15, 0.2) is 17.3 Å². The van der Waals surface area contributed by atoms with E-state index in [2.05, 4.69) is 10.2 Å². The first kappa shape index (κ1) is 19.8. The highest BCUT2D eigenvalue weighted by Crippen LogP contribution is 2.28. The van der Waals surface area contributed by atoms with Gasteiger partial charge in [-0.15, -0.1) is 0 Å². The topological polar surface area (TPSA) is 73.2 Å². The van der Waals surface area contributed by atoms with Crippen LogP contribution in [0.5, 0.6) is 11.5 Å². The van der Waals surface area contributed by atoms with Crippen LogP contribution in [0.15, 0.2) is 65.1 Å². The summed E-state index contributed by atoms with van der Waals surface area (Å²) < 4.78 is 22.1. The predicted octanol–water partition coefficient (Wildman–Crippen LogP) is 3.96. The SMILES string of the molecule is COc1ccccc1OCc1ccc(C(=O)Nc2ccccc2N2CCOCC2)o1. The molecule has 7 heteroatoms. The number of rotatable bonds is 7. The Morgan fingerprint density at radius 2 is 1.73 bits per heavy atom. The van der Waals surface area contributed by atoms with E-state index in [-0.39, 0.29) is 18.3 Å². The zero-order chi connectivity index (χ0) is 20.8. The van der Waals surface area contributed by atoms with Crippen LogP contribution in [0.4, 0.5) is 11.4 Å². The fourth-order valence-electron chi connectivity index (χ4n) is 3.31. The molecule has 2 aromatic carbocycles. The number of benzene rings is 2. The van der Waals surface area contributed by atoms with Crippen molar-refractivity contribution in [3.63, 3.8) is 0 Å². The van der Waals surface area contributed by atoms with E-state index in [9.17, 15) is 4.79 Å². The van der Waals surface area contributed by atoms with Crippen LogP contribution < -0.4 is 19.7 Å². The number of nitrogens with zero attached hydrogens (tertiary/aromatic N) is 1. The van der Waals surface area contributed by atoms with E-state index < -0.39 is 0 Å². The summed E-state index contributed by atoms with van der Waals surface area (Å²) in [5.41, 5.74) is 1.72. The summed E-state index contributed by atoms with van der Waals surface area (Å²) in [6, 6.07) is 18.5. The Balaban J connectivity index is 1.41. The van der Waals surface area contributed by atoms with Gasteiger partial charge < -0.3 is 28.8 Å². The van der Waals surface area contributed by atoms with Crippen molar-refractivity contribution in [3.8, 4) is 11.5 Å². The first-order chi connectivity index (χ1) is 14.7. The van der Waals surface area contributed by atoms with Gasteiger partial charge in [-0.2, -0.15) is 0 Å². The molecule has 0 aliphatic carbocycles. The Hall–Kier alpha value is -3.45. The number of hydrogen-bond acceptors (Lipinski definition) is 6. The van der Waals surface area contributed by atoms with Gasteiger partial charge in [0.2, 0.25) is 0 Å². The maximum Gasteiger partial charge on any atom is 0.291 e. The second-order valence-corrected chi connectivity index (χ2v) is 6.78. The quantitative estimate of drug-likeness (QED) is 0.638. The molecule has 1 saturated heterocycles. The minimum absolute atomic E-state index is 0.192. The van der Waals surface area contributed by atoms with Crippen LogP contribution in [-0.2, 0) is 11.3 Å². The molecular formula is C23H24N2O5. The summed E-state index contributed by atoms with van der Waals surface area (Å²) in [5.74, 6) is 1.72. The van der Waals surface area contributed by atoms with Crippen molar-refractivity contribution in [2.75, 3.05) is 43.6 Å². The lowest BCUT2D eigenvalue weighted by atomic mass is 10.2. The second-order valence-electron chi connectivity index (χ2n) is 6.78. The highest BCUT2D eigenvalue weighted by atomic mass is 16.5. The van der Waals surface area contributed by atoms with Crippen molar-refractivity contribution in [1.29, 1.82) is 0 Å². The fraction of sp³-hybridized carbons (Fsp3) is 0.261. The zero-order valence-electron chi connectivity index (χ0n) is 16.8. The monoisotopic (exact) mass is 408 g/mol. The van der Waals surface area contributed by atoms with Gasteiger partial charge in [0, 0.05) is 13.1 Å². The van der Waals surface area contributed by atoms with Crippen molar-refractivity contribution in [2.45, 2.75) is 6.61 Å². The molecule has 1 aliphatic heterocycles. The maximum atomic E-state index is 12.7. The largest absolute Gasteiger partial charge is 0.493 e. The molecule has 156 valence electrons. The molecule has 0 unspecified atom stereocenters. The van der Waals surface area contributed by atoms with Crippen molar-refractivity contribution >= 4 is 17.3 Å². The van der Waals surface area contributed by atoms with Crippen LogP contribution >= 0.6 is 0 Å². The lowest BCUT2D eigenvalue weighted by Crippen LogP contribution is -2.36.